The van der Waals surface area contributed by atoms with E-state index in [0.29, 0.717) is 24.5 Å². The molecule has 2 N–H and O–H groups in total. The van der Waals surface area contributed by atoms with Crippen molar-refractivity contribution in [2.75, 3.05) is 31.2 Å². The van der Waals surface area contributed by atoms with Gasteiger partial charge in [0.25, 0.3) is 5.56 Å². The van der Waals surface area contributed by atoms with Crippen molar-refractivity contribution in [3.05, 3.63) is 33.6 Å². The molecule has 1 fully saturated rings. The summed E-state index contributed by atoms with van der Waals surface area (Å²) in [5.74, 6) is 0.694. The summed E-state index contributed by atoms with van der Waals surface area (Å²) in [5, 5.41) is 0.642. The number of anilines is 1. The van der Waals surface area contributed by atoms with Gasteiger partial charge in [0, 0.05) is 26.2 Å². The van der Waals surface area contributed by atoms with E-state index < -0.39 is 0 Å². The van der Waals surface area contributed by atoms with Crippen LogP contribution in [-0.4, -0.2) is 35.9 Å². The molecule has 1 saturated heterocycles. The largest absolute Gasteiger partial charge is 0.378 e. The fourth-order valence-electron chi connectivity index (χ4n) is 3.09. The van der Waals surface area contributed by atoms with Gasteiger partial charge >= 0.3 is 0 Å². The standard InChI is InChI=1S/C17H24N4O2/c1-4-14(18)12-9-11(2)10-13-15(12)19-17(20(3)16(13)22)21-5-7-23-8-6-21/h9-10,14H,4-8,18H2,1-3H3/t14-/m0/s1. The molecule has 0 bridgehead atoms. The van der Waals surface area contributed by atoms with Crippen LogP contribution in [0.15, 0.2) is 16.9 Å². The van der Waals surface area contributed by atoms with Crippen molar-refractivity contribution in [3.8, 4) is 0 Å². The SMILES string of the molecule is CC[C@H](N)c1cc(C)cc2c(=O)n(C)c(N3CCOCC3)nc12. The van der Waals surface area contributed by atoms with Gasteiger partial charge in [-0.3, -0.25) is 9.36 Å². The van der Waals surface area contributed by atoms with E-state index in [0.717, 1.165) is 36.2 Å². The zero-order valence-electron chi connectivity index (χ0n) is 14.0. The molecule has 1 aliphatic heterocycles. The van der Waals surface area contributed by atoms with E-state index in [1.807, 2.05) is 26.0 Å². The average molecular weight is 316 g/mol. The number of hydrogen-bond donors (Lipinski definition) is 1. The van der Waals surface area contributed by atoms with E-state index in [-0.39, 0.29) is 11.6 Å². The topological polar surface area (TPSA) is 73.4 Å². The Bertz CT molecular complexity index is 778. The summed E-state index contributed by atoms with van der Waals surface area (Å²) in [6.45, 7) is 6.83. The molecule has 2 aromatic rings. The minimum atomic E-state index is -0.116. The van der Waals surface area contributed by atoms with Crippen molar-refractivity contribution in [1.82, 2.24) is 9.55 Å². The molecule has 0 radical (unpaired) electrons. The van der Waals surface area contributed by atoms with E-state index in [1.54, 1.807) is 11.6 Å². The van der Waals surface area contributed by atoms with E-state index in [1.165, 1.54) is 0 Å². The molecule has 0 amide bonds. The molecule has 124 valence electrons. The van der Waals surface area contributed by atoms with Crippen LogP contribution in [-0.2, 0) is 11.8 Å². The van der Waals surface area contributed by atoms with Crippen LogP contribution in [0.25, 0.3) is 10.9 Å². The molecular formula is C17H24N4O2. The Hall–Kier alpha value is -1.92. The third-order valence-electron chi connectivity index (χ3n) is 4.46. The van der Waals surface area contributed by atoms with Gasteiger partial charge in [-0.25, -0.2) is 4.98 Å². The third kappa shape index (κ3) is 2.84. The zero-order chi connectivity index (χ0) is 16.6. The highest BCUT2D eigenvalue weighted by atomic mass is 16.5. The highest BCUT2D eigenvalue weighted by Crippen LogP contribution is 2.25. The van der Waals surface area contributed by atoms with Crippen LogP contribution in [0.5, 0.6) is 0 Å². The lowest BCUT2D eigenvalue weighted by molar-refractivity contribution is 0.121. The van der Waals surface area contributed by atoms with Crippen LogP contribution in [0.2, 0.25) is 0 Å². The molecule has 1 aliphatic rings. The van der Waals surface area contributed by atoms with Crippen molar-refractivity contribution < 1.29 is 4.74 Å². The fourth-order valence-corrected chi connectivity index (χ4v) is 3.09. The lowest BCUT2D eigenvalue weighted by Crippen LogP contribution is -2.40. The molecule has 0 aliphatic carbocycles. The van der Waals surface area contributed by atoms with Crippen LogP contribution in [0.3, 0.4) is 0 Å². The van der Waals surface area contributed by atoms with Crippen LogP contribution in [0, 0.1) is 6.92 Å². The molecule has 1 atom stereocenters. The number of aryl methyl sites for hydroxylation is 1. The van der Waals surface area contributed by atoms with E-state index >= 15 is 0 Å². The monoisotopic (exact) mass is 316 g/mol. The molecule has 0 unspecified atom stereocenters. The molecule has 6 nitrogen and oxygen atoms in total. The summed E-state index contributed by atoms with van der Waals surface area (Å²) >= 11 is 0. The minimum Gasteiger partial charge on any atom is -0.378 e. The van der Waals surface area contributed by atoms with Gasteiger partial charge < -0.3 is 15.4 Å². The maximum atomic E-state index is 12.8. The minimum absolute atomic E-state index is 0.0234. The number of nitrogens with two attached hydrogens (primary N) is 1. The number of ether oxygens (including phenoxy) is 1. The zero-order valence-corrected chi connectivity index (χ0v) is 14.0. The second-order valence-corrected chi connectivity index (χ2v) is 6.14. The Balaban J connectivity index is 2.26. The van der Waals surface area contributed by atoms with E-state index in [9.17, 15) is 4.79 Å². The van der Waals surface area contributed by atoms with Crippen LogP contribution >= 0.6 is 0 Å². The Kier molecular flexibility index (Phi) is 4.37. The summed E-state index contributed by atoms with van der Waals surface area (Å²) < 4.78 is 7.03. The fraction of sp³-hybridized carbons (Fsp3) is 0.529. The number of fused-ring (bicyclic) bond motifs is 1. The predicted octanol–water partition coefficient (Wildman–Crippen LogP) is 1.49. The van der Waals surface area contributed by atoms with Crippen molar-refractivity contribution >= 4 is 16.9 Å². The maximum absolute atomic E-state index is 12.8. The van der Waals surface area contributed by atoms with Gasteiger partial charge in [-0.2, -0.15) is 0 Å². The highest BCUT2D eigenvalue weighted by Gasteiger charge is 2.20. The molecule has 2 heterocycles. The molecule has 0 spiro atoms. The first-order valence-electron chi connectivity index (χ1n) is 8.12. The highest BCUT2D eigenvalue weighted by molar-refractivity contribution is 5.83. The molecule has 3 rings (SSSR count). The number of benzene rings is 1. The quantitative estimate of drug-likeness (QED) is 0.928. The number of aromatic nitrogens is 2. The number of hydrogen-bond acceptors (Lipinski definition) is 5. The Morgan fingerprint density at radius 2 is 2.04 bits per heavy atom. The molecule has 23 heavy (non-hydrogen) atoms. The summed E-state index contributed by atoms with van der Waals surface area (Å²) in [7, 11) is 1.78. The van der Waals surface area contributed by atoms with Crippen LogP contribution in [0.1, 0.15) is 30.5 Å². The summed E-state index contributed by atoms with van der Waals surface area (Å²) in [4.78, 5) is 19.8. The molecule has 1 aromatic carbocycles. The molecule has 0 saturated carbocycles. The van der Waals surface area contributed by atoms with E-state index in [2.05, 4.69) is 4.90 Å². The van der Waals surface area contributed by atoms with Gasteiger partial charge in [0.05, 0.1) is 24.1 Å². The van der Waals surface area contributed by atoms with Gasteiger partial charge in [0.15, 0.2) is 0 Å². The van der Waals surface area contributed by atoms with Crippen molar-refractivity contribution in [2.24, 2.45) is 12.8 Å². The normalized spacial score (nSPS) is 16.8. The van der Waals surface area contributed by atoms with Gasteiger partial charge in [0.2, 0.25) is 5.95 Å². The van der Waals surface area contributed by atoms with Gasteiger partial charge in [0.1, 0.15) is 0 Å². The Morgan fingerprint density at radius 1 is 1.35 bits per heavy atom. The lowest BCUT2D eigenvalue weighted by Gasteiger charge is -2.29. The van der Waals surface area contributed by atoms with E-state index in [4.69, 9.17) is 15.5 Å². The Labute approximate surface area is 135 Å². The number of nitrogens with zero attached hydrogens (tertiary/aromatic N) is 3. The van der Waals surface area contributed by atoms with Gasteiger partial charge in [-0.1, -0.05) is 13.0 Å². The molecule has 1 aromatic heterocycles. The van der Waals surface area contributed by atoms with Gasteiger partial charge in [-0.05, 0) is 30.5 Å². The predicted molar refractivity (Wildman–Crippen MR) is 92.0 cm³/mol. The van der Waals surface area contributed by atoms with Crippen molar-refractivity contribution in [2.45, 2.75) is 26.3 Å². The second-order valence-electron chi connectivity index (χ2n) is 6.14. The molecular weight excluding hydrogens is 292 g/mol. The lowest BCUT2D eigenvalue weighted by atomic mass is 9.99. The Morgan fingerprint density at radius 3 is 2.70 bits per heavy atom. The summed E-state index contributed by atoms with van der Waals surface area (Å²) in [6.07, 6.45) is 0.808. The van der Waals surface area contributed by atoms with Crippen LogP contribution in [0.4, 0.5) is 5.95 Å². The molecule has 6 heteroatoms. The van der Waals surface area contributed by atoms with Crippen molar-refractivity contribution in [3.63, 3.8) is 0 Å². The van der Waals surface area contributed by atoms with Crippen molar-refractivity contribution in [1.29, 1.82) is 0 Å². The first-order valence-corrected chi connectivity index (χ1v) is 8.12. The first kappa shape index (κ1) is 16.0. The van der Waals surface area contributed by atoms with Crippen LogP contribution < -0.4 is 16.2 Å². The first-order chi connectivity index (χ1) is 11.0. The third-order valence-corrected chi connectivity index (χ3v) is 4.46. The average Bonchev–Trinajstić information content (AvgIpc) is 2.58. The summed E-state index contributed by atoms with van der Waals surface area (Å²) in [6, 6.07) is 3.83. The van der Waals surface area contributed by atoms with Gasteiger partial charge in [-0.15, -0.1) is 0 Å². The second kappa shape index (κ2) is 6.29. The smallest absolute Gasteiger partial charge is 0.262 e. The number of morpholine rings is 1. The summed E-state index contributed by atoms with van der Waals surface area (Å²) in [5.41, 5.74) is 8.96. The number of rotatable bonds is 3. The maximum Gasteiger partial charge on any atom is 0.262 e.